The number of thiazole rings is 1. The van der Waals surface area contributed by atoms with Gasteiger partial charge in [-0.25, -0.2) is 0 Å². The van der Waals surface area contributed by atoms with Gasteiger partial charge in [-0.05, 0) is 25.7 Å². The van der Waals surface area contributed by atoms with E-state index < -0.39 is 0 Å². The molecule has 0 N–H and O–H groups in total. The average Bonchev–Trinajstić information content (AvgIpc) is 3.60. The predicted octanol–water partition coefficient (Wildman–Crippen LogP) is 9.40. The summed E-state index contributed by atoms with van der Waals surface area (Å²) in [6, 6.07) is 0. The highest BCUT2D eigenvalue weighted by Crippen LogP contribution is 2.19. The first kappa shape index (κ1) is 32.7. The Hall–Kier alpha value is -0.490. The highest BCUT2D eigenvalue weighted by molar-refractivity contribution is 7.07. The maximum Gasteiger partial charge on any atom is 0.224 e. The smallest absolute Gasteiger partial charge is 0.224 e. The van der Waals surface area contributed by atoms with Crippen molar-refractivity contribution in [1.29, 1.82) is 0 Å². The predicted molar refractivity (Wildman–Crippen MR) is 157 cm³/mol. The normalized spacial score (nSPS) is 17.6. The highest BCUT2D eigenvalue weighted by Gasteiger charge is 2.25. The van der Waals surface area contributed by atoms with Crippen molar-refractivity contribution < 1.29 is 18.8 Å². The second kappa shape index (κ2) is 24.5. The molecule has 0 aliphatic carbocycles. The Balaban J connectivity index is 1.24. The molecule has 2 rings (SSSR count). The number of nitrogens with zero attached hydrogens (tertiary/aromatic N) is 1. The van der Waals surface area contributed by atoms with Crippen LogP contribution in [0.3, 0.4) is 0 Å². The zero-order valence-corrected chi connectivity index (χ0v) is 25.2. The van der Waals surface area contributed by atoms with Crippen molar-refractivity contribution >= 4 is 11.3 Å². The van der Waals surface area contributed by atoms with Crippen molar-refractivity contribution in [3.8, 4) is 0 Å². The van der Waals surface area contributed by atoms with Crippen LogP contribution in [0.5, 0.6) is 0 Å². The van der Waals surface area contributed by atoms with Gasteiger partial charge in [-0.2, -0.15) is 4.57 Å². The first-order valence-corrected chi connectivity index (χ1v) is 17.1. The van der Waals surface area contributed by atoms with Crippen molar-refractivity contribution in [3.05, 3.63) is 17.1 Å². The Morgan fingerprint density at radius 3 is 1.89 bits per heavy atom. The third kappa shape index (κ3) is 19.3. The first-order valence-electron chi connectivity index (χ1n) is 16.1. The van der Waals surface area contributed by atoms with Crippen LogP contribution in [0.15, 0.2) is 17.1 Å². The van der Waals surface area contributed by atoms with Crippen LogP contribution in [-0.4, -0.2) is 32.2 Å². The number of unbranched alkanes of at least 4 members (excludes halogenated alkanes) is 19. The third-order valence-corrected chi connectivity index (χ3v) is 8.31. The zero-order chi connectivity index (χ0) is 26.1. The largest absolute Gasteiger partial charge is 0.379 e. The molecule has 0 bridgehead atoms. The number of ether oxygens (including phenoxy) is 3. The Labute approximate surface area is 233 Å². The molecule has 0 spiro atoms. The van der Waals surface area contributed by atoms with Gasteiger partial charge in [0, 0.05) is 13.0 Å². The summed E-state index contributed by atoms with van der Waals surface area (Å²) in [6.07, 6.45) is 32.3. The van der Waals surface area contributed by atoms with E-state index in [9.17, 15) is 0 Å². The third-order valence-electron chi connectivity index (χ3n) is 7.64. The molecule has 37 heavy (non-hydrogen) atoms. The fourth-order valence-electron chi connectivity index (χ4n) is 5.24. The van der Waals surface area contributed by atoms with Crippen molar-refractivity contribution in [1.82, 2.24) is 0 Å². The lowest BCUT2D eigenvalue weighted by Crippen LogP contribution is -2.29. The van der Waals surface area contributed by atoms with Gasteiger partial charge in [0.25, 0.3) is 0 Å². The van der Waals surface area contributed by atoms with Crippen molar-refractivity contribution in [2.75, 3.05) is 19.8 Å². The van der Waals surface area contributed by atoms with E-state index in [1.54, 1.807) is 11.3 Å². The molecular weight excluding hydrogens is 478 g/mol. The van der Waals surface area contributed by atoms with E-state index in [1.165, 1.54) is 128 Å². The van der Waals surface area contributed by atoms with Crippen molar-refractivity contribution in [2.24, 2.45) is 0 Å². The summed E-state index contributed by atoms with van der Waals surface area (Å²) in [5, 5.41) is 2.13. The van der Waals surface area contributed by atoms with Crippen LogP contribution in [0.25, 0.3) is 0 Å². The zero-order valence-electron chi connectivity index (χ0n) is 24.4. The summed E-state index contributed by atoms with van der Waals surface area (Å²) in [5.74, 6) is 0. The quantitative estimate of drug-likeness (QED) is 0.0826. The monoisotopic (exact) mass is 538 g/mol. The average molecular weight is 539 g/mol. The molecule has 0 aromatic carbocycles. The molecule has 2 atom stereocenters. The van der Waals surface area contributed by atoms with Gasteiger partial charge in [-0.3, -0.25) is 0 Å². The molecule has 1 aliphatic rings. The SMILES string of the molecule is CCCCCCCCCCCCCCCCCCCC1OCC(COCCCCCC[n+]2ccsc2)O1. The maximum absolute atomic E-state index is 6.03. The number of hydrogen-bond donors (Lipinski definition) is 0. The number of hydrogen-bond acceptors (Lipinski definition) is 4. The van der Waals surface area contributed by atoms with Crippen LogP contribution in [0.4, 0.5) is 0 Å². The molecule has 5 heteroatoms. The van der Waals surface area contributed by atoms with Crippen LogP contribution in [0.2, 0.25) is 0 Å². The van der Waals surface area contributed by atoms with E-state index in [4.69, 9.17) is 14.2 Å². The molecule has 1 aliphatic heterocycles. The van der Waals surface area contributed by atoms with E-state index in [2.05, 4.69) is 28.6 Å². The number of rotatable bonds is 27. The Bertz CT molecular complexity index is 583. The van der Waals surface area contributed by atoms with E-state index in [-0.39, 0.29) is 12.4 Å². The van der Waals surface area contributed by atoms with Gasteiger partial charge in [-0.1, -0.05) is 127 Å². The molecule has 2 unspecified atom stereocenters. The number of aryl methyl sites for hydroxylation is 1. The molecule has 1 saturated heterocycles. The minimum atomic E-state index is -0.000421. The van der Waals surface area contributed by atoms with Crippen LogP contribution < -0.4 is 4.57 Å². The second-order valence-electron chi connectivity index (χ2n) is 11.2. The lowest BCUT2D eigenvalue weighted by Gasteiger charge is -2.12. The van der Waals surface area contributed by atoms with Crippen LogP contribution in [-0.2, 0) is 20.8 Å². The summed E-state index contributed by atoms with van der Waals surface area (Å²) >= 11 is 1.76. The van der Waals surface area contributed by atoms with Gasteiger partial charge in [0.05, 0.1) is 18.6 Å². The lowest BCUT2D eigenvalue weighted by atomic mass is 10.0. The number of aromatic nitrogens is 1. The summed E-state index contributed by atoms with van der Waals surface area (Å²) < 4.78 is 20.0. The summed E-state index contributed by atoms with van der Waals surface area (Å²) in [4.78, 5) is 0. The maximum atomic E-state index is 6.03. The standard InChI is InChI=1S/C32H60NO3S/c1-2-3-4-5-6-7-8-9-10-11-12-13-14-15-16-17-20-23-32-35-29-31(36-32)28-34-26-22-19-18-21-24-33-25-27-37-30-33/h25,27,30-32H,2-24,26,28-29H2,1H3/q+1. The van der Waals surface area contributed by atoms with Gasteiger partial charge >= 0.3 is 0 Å². The minimum Gasteiger partial charge on any atom is -0.379 e. The molecule has 1 aromatic heterocycles. The summed E-state index contributed by atoms with van der Waals surface area (Å²) in [5.41, 5.74) is 2.18. The second-order valence-corrected chi connectivity index (χ2v) is 12.0. The van der Waals surface area contributed by atoms with Gasteiger partial charge in [0.2, 0.25) is 5.51 Å². The van der Waals surface area contributed by atoms with Crippen LogP contribution >= 0.6 is 11.3 Å². The molecular formula is C32H60NO3S+. The molecule has 1 aromatic rings. The molecule has 0 radical (unpaired) electrons. The van der Waals surface area contributed by atoms with Gasteiger partial charge in [0.15, 0.2) is 12.5 Å². The van der Waals surface area contributed by atoms with Gasteiger partial charge in [-0.15, -0.1) is 0 Å². The minimum absolute atomic E-state index is 0.000421. The first-order chi connectivity index (χ1) is 18.4. The van der Waals surface area contributed by atoms with Gasteiger partial charge in [0.1, 0.15) is 12.6 Å². The van der Waals surface area contributed by atoms with Crippen molar-refractivity contribution in [2.45, 2.75) is 167 Å². The fourth-order valence-corrected chi connectivity index (χ4v) is 5.87. The summed E-state index contributed by atoms with van der Waals surface area (Å²) in [7, 11) is 0. The molecule has 0 amide bonds. The molecule has 216 valence electrons. The Morgan fingerprint density at radius 2 is 1.30 bits per heavy atom. The highest BCUT2D eigenvalue weighted by atomic mass is 32.1. The van der Waals surface area contributed by atoms with E-state index in [0.717, 1.165) is 26.0 Å². The Morgan fingerprint density at radius 1 is 0.730 bits per heavy atom. The topological polar surface area (TPSA) is 31.6 Å². The molecule has 0 saturated carbocycles. The van der Waals surface area contributed by atoms with E-state index >= 15 is 0 Å². The molecule has 4 nitrogen and oxygen atoms in total. The van der Waals surface area contributed by atoms with E-state index in [1.807, 2.05) is 0 Å². The summed E-state index contributed by atoms with van der Waals surface area (Å²) in [6.45, 7) is 5.65. The van der Waals surface area contributed by atoms with Crippen LogP contribution in [0.1, 0.15) is 148 Å². The van der Waals surface area contributed by atoms with Crippen LogP contribution in [0, 0.1) is 0 Å². The fraction of sp³-hybridized carbons (Fsp3) is 0.906. The molecule has 1 fully saturated rings. The van der Waals surface area contributed by atoms with Crippen molar-refractivity contribution in [3.63, 3.8) is 0 Å². The van der Waals surface area contributed by atoms with E-state index in [0.29, 0.717) is 13.2 Å². The lowest BCUT2D eigenvalue weighted by molar-refractivity contribution is -0.692. The van der Waals surface area contributed by atoms with Gasteiger partial charge < -0.3 is 14.2 Å². The molecule has 2 heterocycles. The Kier molecular flexibility index (Phi) is 21.7.